The molecule has 0 aliphatic carbocycles. The zero-order chi connectivity index (χ0) is 8.36. The van der Waals surface area contributed by atoms with Crippen molar-refractivity contribution >= 4 is 13.5 Å². The first kappa shape index (κ1) is 9.36. The molecular formula is C4H8NO4P. The van der Waals surface area contributed by atoms with Gasteiger partial charge >= 0.3 is 7.60 Å². The Balaban J connectivity index is 4.53. The molecule has 0 aromatic rings. The van der Waals surface area contributed by atoms with E-state index in [1.54, 1.807) is 0 Å². The summed E-state index contributed by atoms with van der Waals surface area (Å²) >= 11 is 0. The van der Waals surface area contributed by atoms with Crippen molar-refractivity contribution in [2.75, 3.05) is 0 Å². The van der Waals surface area contributed by atoms with Gasteiger partial charge in [-0.15, -0.1) is 6.58 Å². The Morgan fingerprint density at radius 2 is 2.10 bits per heavy atom. The Bertz CT molecular complexity index is 195. The van der Waals surface area contributed by atoms with Gasteiger partial charge in [0.15, 0.2) is 5.66 Å². The maximum absolute atomic E-state index is 10.3. The van der Waals surface area contributed by atoms with E-state index in [-0.39, 0.29) is 0 Å². The zero-order valence-electron chi connectivity index (χ0n) is 5.10. The largest absolute Gasteiger partial charge is 0.369 e. The van der Waals surface area contributed by atoms with Crippen LogP contribution in [-0.2, 0) is 9.36 Å². The summed E-state index contributed by atoms with van der Waals surface area (Å²) in [6, 6.07) is 0. The number of primary amides is 1. The molecule has 58 valence electrons. The van der Waals surface area contributed by atoms with Gasteiger partial charge in [0.05, 0.1) is 0 Å². The van der Waals surface area contributed by atoms with Crippen molar-refractivity contribution in [1.82, 2.24) is 0 Å². The Hall–Kier alpha value is -0.640. The maximum Gasteiger partial charge on any atom is 0.341 e. The summed E-state index contributed by atoms with van der Waals surface area (Å²) < 4.78 is 10.3. The second kappa shape index (κ2) is 2.96. The summed E-state index contributed by atoms with van der Waals surface area (Å²) in [7, 11) is -4.42. The molecule has 0 saturated heterocycles. The molecule has 0 bridgehead atoms. The molecular weight excluding hydrogens is 157 g/mol. The smallest absolute Gasteiger partial charge is 0.341 e. The van der Waals surface area contributed by atoms with Crippen LogP contribution in [0.4, 0.5) is 0 Å². The highest BCUT2D eigenvalue weighted by Gasteiger charge is 2.30. The van der Waals surface area contributed by atoms with Crippen LogP contribution in [0.3, 0.4) is 0 Å². The molecule has 0 saturated carbocycles. The fraction of sp³-hybridized carbons (Fsp3) is 0.250. The lowest BCUT2D eigenvalue weighted by atomic mass is 10.4. The molecule has 1 amide bonds. The monoisotopic (exact) mass is 165 g/mol. The molecule has 0 spiro atoms. The van der Waals surface area contributed by atoms with Crippen LogP contribution in [0.5, 0.6) is 0 Å². The normalized spacial score (nSPS) is 14.2. The average Bonchev–Trinajstić information content (AvgIpc) is 1.60. The molecule has 0 heterocycles. The van der Waals surface area contributed by atoms with Crippen LogP contribution < -0.4 is 5.73 Å². The summed E-state index contributed by atoms with van der Waals surface area (Å²) in [6.45, 7) is 3.06. The highest BCUT2D eigenvalue weighted by atomic mass is 31.2. The molecule has 0 radical (unpaired) electrons. The molecule has 10 heavy (non-hydrogen) atoms. The van der Waals surface area contributed by atoms with E-state index in [0.29, 0.717) is 0 Å². The average molecular weight is 165 g/mol. The van der Waals surface area contributed by atoms with E-state index in [1.807, 2.05) is 0 Å². The van der Waals surface area contributed by atoms with Crippen LogP contribution in [0.25, 0.3) is 0 Å². The van der Waals surface area contributed by atoms with Gasteiger partial charge in [-0.1, -0.05) is 6.08 Å². The van der Waals surface area contributed by atoms with Crippen LogP contribution in [0.1, 0.15) is 0 Å². The molecule has 0 aliphatic heterocycles. The topological polar surface area (TPSA) is 101 Å². The Morgan fingerprint density at radius 3 is 2.10 bits per heavy atom. The first-order valence-electron chi connectivity index (χ1n) is 2.36. The second-order valence-electron chi connectivity index (χ2n) is 1.67. The summed E-state index contributed by atoms with van der Waals surface area (Å²) in [6.07, 6.45) is 0.836. The van der Waals surface area contributed by atoms with Crippen molar-refractivity contribution in [3.8, 4) is 0 Å². The third kappa shape index (κ3) is 2.31. The molecule has 0 fully saturated rings. The van der Waals surface area contributed by atoms with E-state index in [1.165, 1.54) is 0 Å². The van der Waals surface area contributed by atoms with Crippen molar-refractivity contribution < 1.29 is 19.1 Å². The van der Waals surface area contributed by atoms with Crippen molar-refractivity contribution in [1.29, 1.82) is 0 Å². The lowest BCUT2D eigenvalue weighted by Crippen LogP contribution is -2.26. The summed E-state index contributed by atoms with van der Waals surface area (Å²) in [4.78, 5) is 27.0. The number of carbonyl (C=O) groups excluding carboxylic acids is 1. The van der Waals surface area contributed by atoms with Gasteiger partial charge in [-0.2, -0.15) is 0 Å². The Labute approximate surface area is 57.7 Å². The minimum Gasteiger partial charge on any atom is -0.369 e. The van der Waals surface area contributed by atoms with Crippen LogP contribution in [0.15, 0.2) is 12.7 Å². The minimum atomic E-state index is -4.42. The van der Waals surface area contributed by atoms with Crippen LogP contribution >= 0.6 is 7.60 Å². The van der Waals surface area contributed by atoms with E-state index in [9.17, 15) is 9.36 Å². The number of hydrogen-bond donors (Lipinski definition) is 3. The standard InChI is InChI=1S/C4H8NO4P/c1-2-3(4(5)6)10(7,8)9/h2-3H,1H2,(H2,5,6)(H2,7,8,9). The number of hydrogen-bond acceptors (Lipinski definition) is 2. The van der Waals surface area contributed by atoms with E-state index < -0.39 is 19.2 Å². The van der Waals surface area contributed by atoms with Gasteiger partial charge in [0.2, 0.25) is 5.91 Å². The molecule has 0 aromatic carbocycles. The summed E-state index contributed by atoms with van der Waals surface area (Å²) in [5, 5.41) is 0. The number of rotatable bonds is 3. The van der Waals surface area contributed by atoms with Crippen LogP contribution in [0, 0.1) is 0 Å². The highest BCUT2D eigenvalue weighted by Crippen LogP contribution is 2.41. The minimum absolute atomic E-state index is 0.836. The third-order valence-corrected chi connectivity index (χ3v) is 2.07. The molecule has 0 aliphatic rings. The second-order valence-corrected chi connectivity index (χ2v) is 3.41. The van der Waals surface area contributed by atoms with Gasteiger partial charge in [-0.25, -0.2) is 0 Å². The van der Waals surface area contributed by atoms with Crippen LogP contribution in [-0.4, -0.2) is 21.4 Å². The fourth-order valence-corrected chi connectivity index (χ4v) is 1.03. The fourth-order valence-electron chi connectivity index (χ4n) is 0.419. The number of nitrogens with two attached hydrogens (primary N) is 1. The first-order valence-corrected chi connectivity index (χ1v) is 4.05. The van der Waals surface area contributed by atoms with Gasteiger partial charge < -0.3 is 15.5 Å². The van der Waals surface area contributed by atoms with Crippen molar-refractivity contribution in [3.05, 3.63) is 12.7 Å². The predicted octanol–water partition coefficient (Wildman–Crippen LogP) is -0.796. The first-order chi connectivity index (χ1) is 4.39. The molecule has 0 aromatic heterocycles. The van der Waals surface area contributed by atoms with E-state index in [4.69, 9.17) is 9.79 Å². The molecule has 1 atom stereocenters. The van der Waals surface area contributed by atoms with Gasteiger partial charge in [0, 0.05) is 0 Å². The SMILES string of the molecule is C=CC(C(N)=O)P(=O)(O)O. The zero-order valence-corrected chi connectivity index (χ0v) is 5.99. The Morgan fingerprint density at radius 1 is 1.70 bits per heavy atom. The highest BCUT2D eigenvalue weighted by molar-refractivity contribution is 7.54. The summed E-state index contributed by atoms with van der Waals surface area (Å²) in [5.74, 6) is -1.07. The lowest BCUT2D eigenvalue weighted by Gasteiger charge is -2.08. The van der Waals surface area contributed by atoms with E-state index >= 15 is 0 Å². The van der Waals surface area contributed by atoms with Gasteiger partial charge in [-0.3, -0.25) is 9.36 Å². The van der Waals surface area contributed by atoms with Gasteiger partial charge in [0.1, 0.15) is 0 Å². The number of carbonyl (C=O) groups is 1. The predicted molar refractivity (Wildman–Crippen MR) is 35.2 cm³/mol. The molecule has 4 N–H and O–H groups in total. The third-order valence-electron chi connectivity index (χ3n) is 0.877. The molecule has 5 nitrogen and oxygen atoms in total. The van der Waals surface area contributed by atoms with Crippen molar-refractivity contribution in [2.45, 2.75) is 5.66 Å². The number of amides is 1. The molecule has 0 rings (SSSR count). The van der Waals surface area contributed by atoms with Gasteiger partial charge in [0.25, 0.3) is 0 Å². The Kier molecular flexibility index (Phi) is 2.77. The quantitative estimate of drug-likeness (QED) is 0.376. The molecule has 1 unspecified atom stereocenters. The van der Waals surface area contributed by atoms with Crippen LogP contribution in [0.2, 0.25) is 0 Å². The van der Waals surface area contributed by atoms with Gasteiger partial charge in [-0.05, 0) is 0 Å². The lowest BCUT2D eigenvalue weighted by molar-refractivity contribution is -0.117. The maximum atomic E-state index is 10.3. The van der Waals surface area contributed by atoms with Crippen molar-refractivity contribution in [3.63, 3.8) is 0 Å². The summed E-state index contributed by atoms with van der Waals surface area (Å²) in [5.41, 5.74) is 3.07. The van der Waals surface area contributed by atoms with Crippen molar-refractivity contribution in [2.24, 2.45) is 5.73 Å². The van der Waals surface area contributed by atoms with E-state index in [2.05, 4.69) is 12.3 Å². The molecule has 6 heteroatoms. The van der Waals surface area contributed by atoms with E-state index in [0.717, 1.165) is 6.08 Å².